The highest BCUT2D eigenvalue weighted by Crippen LogP contribution is 2.07. The van der Waals surface area contributed by atoms with E-state index < -0.39 is 36.0 Å². The van der Waals surface area contributed by atoms with Crippen LogP contribution in [0.5, 0.6) is 0 Å². The molecule has 0 radical (unpaired) electrons. The van der Waals surface area contributed by atoms with Crippen molar-refractivity contribution in [3.05, 3.63) is 103 Å². The first-order valence-corrected chi connectivity index (χ1v) is 15.5. The molecular formula is C36H49N3O6. The summed E-state index contributed by atoms with van der Waals surface area (Å²) < 4.78 is 10.1. The van der Waals surface area contributed by atoms with Crippen molar-refractivity contribution >= 4 is 23.8 Å². The summed E-state index contributed by atoms with van der Waals surface area (Å²) in [4.78, 5) is 53.5. The number of amides is 2. The van der Waals surface area contributed by atoms with E-state index in [-0.39, 0.29) is 17.9 Å². The first-order valence-electron chi connectivity index (χ1n) is 15.5. The summed E-state index contributed by atoms with van der Waals surface area (Å²) in [6.07, 6.45) is 33.6. The largest absolute Gasteiger partial charge is 0.467 e. The molecule has 0 spiro atoms. The maximum atomic E-state index is 12.6. The maximum Gasteiger partial charge on any atom is 0.332 e. The summed E-state index contributed by atoms with van der Waals surface area (Å²) in [5.41, 5.74) is 0.234. The molecule has 9 heteroatoms. The van der Waals surface area contributed by atoms with Crippen molar-refractivity contribution in [3.8, 4) is 0 Å². The van der Waals surface area contributed by atoms with E-state index in [1.165, 1.54) is 39.4 Å². The molecule has 1 heterocycles. The van der Waals surface area contributed by atoms with Crippen molar-refractivity contribution in [2.24, 2.45) is 0 Å². The van der Waals surface area contributed by atoms with Gasteiger partial charge in [0.2, 0.25) is 5.91 Å². The third kappa shape index (κ3) is 18.7. The van der Waals surface area contributed by atoms with Crippen LogP contribution in [0.1, 0.15) is 82.5 Å². The zero-order valence-corrected chi connectivity index (χ0v) is 27.0. The van der Waals surface area contributed by atoms with E-state index in [0.717, 1.165) is 38.5 Å². The topological polar surface area (TPSA) is 124 Å². The number of rotatable bonds is 21. The van der Waals surface area contributed by atoms with Crippen LogP contribution in [0.2, 0.25) is 0 Å². The smallest absolute Gasteiger partial charge is 0.332 e. The number of aromatic nitrogens is 1. The summed E-state index contributed by atoms with van der Waals surface area (Å²) in [5.74, 6) is -2.40. The predicted octanol–water partition coefficient (Wildman–Crippen LogP) is 6.27. The van der Waals surface area contributed by atoms with Gasteiger partial charge < -0.3 is 20.1 Å². The summed E-state index contributed by atoms with van der Waals surface area (Å²) in [7, 11) is 1.17. The number of carbonyl (C=O) groups is 4. The fourth-order valence-electron chi connectivity index (χ4n) is 3.80. The number of nitrogens with one attached hydrogen (secondary N) is 2. The summed E-state index contributed by atoms with van der Waals surface area (Å²) in [6.45, 7) is 5.08. The van der Waals surface area contributed by atoms with Gasteiger partial charge in [0.15, 0.2) is 6.04 Å². The van der Waals surface area contributed by atoms with Crippen LogP contribution in [0, 0.1) is 0 Å². The van der Waals surface area contributed by atoms with Crippen LogP contribution in [0.3, 0.4) is 0 Å². The number of allylic oxidation sites excluding steroid dienone is 12. The van der Waals surface area contributed by atoms with Gasteiger partial charge in [0, 0.05) is 18.8 Å². The Morgan fingerprint density at radius 2 is 1.31 bits per heavy atom. The Kier molecular flexibility index (Phi) is 21.3. The third-order valence-corrected chi connectivity index (χ3v) is 6.30. The Labute approximate surface area is 268 Å². The standard InChI is InChI=1S/C36H49N3O6/c1-5-6-7-8-9-10-11-12-13-14-15-16-17-18-19-20-21-22-23-26-32(40)38-29(2)35(42)45-30(3)33(36(43)44-4)39-34(41)31-25-24-27-37-28-31/h6-7,9-10,12-13,15-16,18-19,21-22,24-25,27-30,33H,5,8,11,14,17,20,23,26H2,1-4H3,(H,38,40)(H,39,41)/b7-6-,10-9-,13-12-,16-15-,19-18-,22-21-/t29-,30?,33?/m0/s1. The minimum absolute atomic E-state index is 0.210. The molecule has 3 atom stereocenters. The Morgan fingerprint density at radius 1 is 0.778 bits per heavy atom. The molecule has 9 nitrogen and oxygen atoms in total. The average molecular weight is 620 g/mol. The van der Waals surface area contributed by atoms with E-state index in [1.807, 2.05) is 12.2 Å². The van der Waals surface area contributed by atoms with E-state index in [0.29, 0.717) is 6.42 Å². The molecule has 2 unspecified atom stereocenters. The van der Waals surface area contributed by atoms with Crippen LogP contribution in [0.25, 0.3) is 0 Å². The number of nitrogens with zero attached hydrogens (tertiary/aromatic N) is 1. The van der Waals surface area contributed by atoms with Gasteiger partial charge in [0.25, 0.3) is 5.91 Å². The van der Waals surface area contributed by atoms with E-state index in [1.54, 1.807) is 6.07 Å². The molecule has 0 aliphatic rings. The van der Waals surface area contributed by atoms with Crippen molar-refractivity contribution in [3.63, 3.8) is 0 Å². The molecule has 1 rings (SSSR count). The number of pyridine rings is 1. The third-order valence-electron chi connectivity index (χ3n) is 6.30. The second-order valence-electron chi connectivity index (χ2n) is 10.1. The lowest BCUT2D eigenvalue weighted by Crippen LogP contribution is -2.51. The van der Waals surface area contributed by atoms with Crippen LogP contribution < -0.4 is 10.6 Å². The molecule has 1 aromatic heterocycles. The zero-order chi connectivity index (χ0) is 33.1. The second kappa shape index (κ2) is 24.9. The van der Waals surface area contributed by atoms with Crippen LogP contribution in [0.15, 0.2) is 97.4 Å². The molecule has 0 fully saturated rings. The zero-order valence-electron chi connectivity index (χ0n) is 27.0. The van der Waals surface area contributed by atoms with Crippen molar-refractivity contribution in [2.75, 3.05) is 7.11 Å². The molecule has 244 valence electrons. The van der Waals surface area contributed by atoms with Crippen LogP contribution in [-0.2, 0) is 23.9 Å². The molecule has 0 saturated carbocycles. The van der Waals surface area contributed by atoms with Gasteiger partial charge in [-0.2, -0.15) is 0 Å². The van der Waals surface area contributed by atoms with Gasteiger partial charge in [-0.1, -0.05) is 79.8 Å². The van der Waals surface area contributed by atoms with Gasteiger partial charge in [-0.15, -0.1) is 0 Å². The Morgan fingerprint density at radius 3 is 1.80 bits per heavy atom. The summed E-state index contributed by atoms with van der Waals surface area (Å²) >= 11 is 0. The molecule has 2 amide bonds. The van der Waals surface area contributed by atoms with Crippen LogP contribution >= 0.6 is 0 Å². The predicted molar refractivity (Wildman–Crippen MR) is 178 cm³/mol. The molecule has 0 aromatic carbocycles. The van der Waals surface area contributed by atoms with Gasteiger partial charge in [0.05, 0.1) is 12.7 Å². The number of esters is 2. The molecule has 45 heavy (non-hydrogen) atoms. The normalized spacial score (nSPS) is 14.0. The van der Waals surface area contributed by atoms with Crippen molar-refractivity contribution in [2.45, 2.75) is 90.3 Å². The molecule has 1 aromatic rings. The molecule has 0 aliphatic carbocycles. The van der Waals surface area contributed by atoms with Crippen molar-refractivity contribution in [1.29, 1.82) is 0 Å². The highest BCUT2D eigenvalue weighted by atomic mass is 16.6. The first kappa shape index (κ1) is 38.5. The van der Waals surface area contributed by atoms with E-state index in [2.05, 4.69) is 83.3 Å². The second-order valence-corrected chi connectivity index (χ2v) is 10.1. The minimum Gasteiger partial charge on any atom is -0.467 e. The fraction of sp³-hybridized carbons (Fsp3) is 0.417. The lowest BCUT2D eigenvalue weighted by molar-refractivity contribution is -0.158. The van der Waals surface area contributed by atoms with E-state index in [4.69, 9.17) is 9.47 Å². The number of methoxy groups -OCH3 is 1. The van der Waals surface area contributed by atoms with E-state index in [9.17, 15) is 19.2 Å². The fourth-order valence-corrected chi connectivity index (χ4v) is 3.80. The lowest BCUT2D eigenvalue weighted by atomic mass is 10.1. The molecule has 0 aliphatic heterocycles. The van der Waals surface area contributed by atoms with Gasteiger partial charge in [-0.3, -0.25) is 14.6 Å². The lowest BCUT2D eigenvalue weighted by Gasteiger charge is -2.24. The van der Waals surface area contributed by atoms with Crippen molar-refractivity contribution < 1.29 is 28.7 Å². The monoisotopic (exact) mass is 619 g/mol. The number of hydrogen-bond donors (Lipinski definition) is 2. The summed E-state index contributed by atoms with van der Waals surface area (Å²) in [6, 6.07) is 0.920. The highest BCUT2D eigenvalue weighted by molar-refractivity contribution is 5.96. The molecule has 0 bridgehead atoms. The first-order chi connectivity index (χ1) is 21.8. The number of ether oxygens (including phenoxy) is 2. The minimum atomic E-state index is -1.25. The van der Waals surface area contributed by atoms with Crippen LogP contribution in [-0.4, -0.2) is 54.0 Å². The number of hydrogen-bond acceptors (Lipinski definition) is 7. The van der Waals surface area contributed by atoms with E-state index >= 15 is 0 Å². The number of carbonyl (C=O) groups excluding carboxylic acids is 4. The summed E-state index contributed by atoms with van der Waals surface area (Å²) in [5, 5.41) is 5.11. The van der Waals surface area contributed by atoms with Crippen LogP contribution in [0.4, 0.5) is 0 Å². The Hall–Kier alpha value is -4.53. The highest BCUT2D eigenvalue weighted by Gasteiger charge is 2.32. The molecule has 0 saturated heterocycles. The maximum absolute atomic E-state index is 12.6. The Balaban J connectivity index is 2.28. The quantitative estimate of drug-likeness (QED) is 0.123. The van der Waals surface area contributed by atoms with Gasteiger partial charge in [-0.05, 0) is 70.9 Å². The van der Waals surface area contributed by atoms with Crippen molar-refractivity contribution in [1.82, 2.24) is 15.6 Å². The molecule has 2 N–H and O–H groups in total. The van der Waals surface area contributed by atoms with Gasteiger partial charge >= 0.3 is 11.9 Å². The molecular weight excluding hydrogens is 570 g/mol. The van der Waals surface area contributed by atoms with Gasteiger partial charge in [0.1, 0.15) is 12.1 Å². The van der Waals surface area contributed by atoms with Gasteiger partial charge in [-0.25, -0.2) is 9.59 Å². The average Bonchev–Trinajstić information content (AvgIpc) is 3.04. The Bertz CT molecular complexity index is 1200. The SMILES string of the molecule is CC/C=C\C/C=C\C/C=C\C/C=C\C/C=C\C/C=C\CCC(=O)N[C@@H](C)C(=O)OC(C)C(NC(=O)c1cccnc1)C(=O)OC.